The largest absolute Gasteiger partial charge is 0.314 e. The van der Waals surface area contributed by atoms with Gasteiger partial charge < -0.3 is 10.2 Å². The Hall–Kier alpha value is -0.170. The summed E-state index contributed by atoms with van der Waals surface area (Å²) in [5.41, 5.74) is 0. The number of piperazine rings is 1. The highest BCUT2D eigenvalue weighted by Gasteiger charge is 2.25. The molecule has 1 heterocycles. The Morgan fingerprint density at radius 1 is 1.22 bits per heavy atom. The second kappa shape index (κ2) is 5.86. The van der Waals surface area contributed by atoms with Crippen molar-refractivity contribution in [3.63, 3.8) is 0 Å². The van der Waals surface area contributed by atoms with Gasteiger partial charge in [0.15, 0.2) is 0 Å². The summed E-state index contributed by atoms with van der Waals surface area (Å²) in [4.78, 5) is 2.38. The monoisotopic (exact) mass is 275 g/mol. The first kappa shape index (κ1) is 14.2. The second-order valence-corrected chi connectivity index (χ2v) is 7.73. The van der Waals surface area contributed by atoms with Gasteiger partial charge in [-0.1, -0.05) is 6.92 Å². The second-order valence-electron chi connectivity index (χ2n) is 5.75. The van der Waals surface area contributed by atoms with Gasteiger partial charge in [-0.15, -0.1) is 0 Å². The zero-order valence-corrected chi connectivity index (χ0v) is 12.2. The normalized spacial score (nSPS) is 25.2. The van der Waals surface area contributed by atoms with Crippen LogP contribution in [-0.4, -0.2) is 69.2 Å². The summed E-state index contributed by atoms with van der Waals surface area (Å²) in [5, 5.41) is 3.55. The van der Waals surface area contributed by atoms with Gasteiger partial charge in [0.25, 0.3) is 0 Å². The molecule has 2 fully saturated rings. The molecule has 1 N–H and O–H groups in total. The van der Waals surface area contributed by atoms with E-state index in [9.17, 15) is 8.42 Å². The summed E-state index contributed by atoms with van der Waals surface area (Å²) in [5.74, 6) is 0.635. The van der Waals surface area contributed by atoms with Crippen LogP contribution in [0.25, 0.3) is 0 Å². The average Bonchev–Trinajstić information content (AvgIpc) is 3.09. The van der Waals surface area contributed by atoms with Gasteiger partial charge in [0.05, 0.1) is 6.26 Å². The number of rotatable bonds is 6. The molecular weight excluding hydrogens is 250 g/mol. The van der Waals surface area contributed by atoms with Crippen LogP contribution in [0.2, 0.25) is 0 Å². The van der Waals surface area contributed by atoms with Crippen molar-refractivity contribution in [1.29, 1.82) is 0 Å². The molecule has 2 aliphatic rings. The van der Waals surface area contributed by atoms with Crippen molar-refractivity contribution in [2.75, 3.05) is 45.5 Å². The van der Waals surface area contributed by atoms with Crippen LogP contribution in [0.1, 0.15) is 19.8 Å². The van der Waals surface area contributed by atoms with Crippen molar-refractivity contribution in [1.82, 2.24) is 14.5 Å². The molecule has 1 saturated carbocycles. The van der Waals surface area contributed by atoms with Crippen molar-refractivity contribution in [2.45, 2.75) is 25.8 Å². The molecule has 0 bridgehead atoms. The van der Waals surface area contributed by atoms with E-state index in [0.717, 1.165) is 32.2 Å². The van der Waals surface area contributed by atoms with Crippen LogP contribution >= 0.6 is 0 Å². The SMILES string of the molecule is CC(CNC1CC1)CN1CCN(S(C)(=O)=O)CC1. The quantitative estimate of drug-likeness (QED) is 0.738. The molecule has 1 saturated heterocycles. The highest BCUT2D eigenvalue weighted by atomic mass is 32.2. The molecule has 2 rings (SSSR count). The van der Waals surface area contributed by atoms with Gasteiger partial charge in [-0.2, -0.15) is 4.31 Å². The minimum atomic E-state index is -3.00. The lowest BCUT2D eigenvalue weighted by atomic mass is 10.1. The highest BCUT2D eigenvalue weighted by Crippen LogP contribution is 2.19. The van der Waals surface area contributed by atoms with E-state index in [-0.39, 0.29) is 0 Å². The van der Waals surface area contributed by atoms with Crippen LogP contribution in [-0.2, 0) is 10.0 Å². The number of hydrogen-bond acceptors (Lipinski definition) is 4. The third-order valence-corrected chi connectivity index (χ3v) is 5.01. The van der Waals surface area contributed by atoms with E-state index in [0.29, 0.717) is 19.0 Å². The first-order valence-corrected chi connectivity index (χ1v) is 8.71. The predicted octanol–water partition coefficient (Wildman–Crippen LogP) is -0.0483. The molecule has 0 aromatic carbocycles. The molecule has 6 heteroatoms. The van der Waals surface area contributed by atoms with Crippen molar-refractivity contribution in [3.8, 4) is 0 Å². The first-order chi connectivity index (χ1) is 8.45. The van der Waals surface area contributed by atoms with Gasteiger partial charge in [0.1, 0.15) is 0 Å². The Kier molecular flexibility index (Phi) is 4.64. The van der Waals surface area contributed by atoms with Gasteiger partial charge in [0.2, 0.25) is 10.0 Å². The number of nitrogens with zero attached hydrogens (tertiary/aromatic N) is 2. The van der Waals surface area contributed by atoms with Gasteiger partial charge >= 0.3 is 0 Å². The summed E-state index contributed by atoms with van der Waals surface area (Å²) < 4.78 is 24.4. The molecule has 106 valence electrons. The van der Waals surface area contributed by atoms with Gasteiger partial charge in [-0.3, -0.25) is 0 Å². The number of hydrogen-bond donors (Lipinski definition) is 1. The maximum Gasteiger partial charge on any atom is 0.211 e. The minimum absolute atomic E-state index is 0.635. The Bertz CT molecular complexity index is 360. The Morgan fingerprint density at radius 2 is 1.83 bits per heavy atom. The maximum atomic E-state index is 11.4. The van der Waals surface area contributed by atoms with Crippen molar-refractivity contribution in [3.05, 3.63) is 0 Å². The lowest BCUT2D eigenvalue weighted by Crippen LogP contribution is -2.49. The van der Waals surface area contributed by atoms with Gasteiger partial charge in [-0.25, -0.2) is 8.42 Å². The molecule has 1 aliphatic heterocycles. The molecule has 0 aromatic rings. The van der Waals surface area contributed by atoms with Gasteiger partial charge in [0, 0.05) is 38.8 Å². The van der Waals surface area contributed by atoms with Crippen LogP contribution in [0.5, 0.6) is 0 Å². The lowest BCUT2D eigenvalue weighted by Gasteiger charge is -2.34. The van der Waals surface area contributed by atoms with E-state index in [1.807, 2.05) is 0 Å². The first-order valence-electron chi connectivity index (χ1n) is 6.86. The fourth-order valence-corrected chi connectivity index (χ4v) is 3.23. The standard InChI is InChI=1S/C12H25N3O2S/c1-11(9-13-12-3-4-12)10-14-5-7-15(8-6-14)18(2,16)17/h11-13H,3-10H2,1-2H3. The van der Waals surface area contributed by atoms with Crippen LogP contribution in [0.3, 0.4) is 0 Å². The summed E-state index contributed by atoms with van der Waals surface area (Å²) in [7, 11) is -3.00. The summed E-state index contributed by atoms with van der Waals surface area (Å²) in [6, 6.07) is 0.773. The number of sulfonamides is 1. The van der Waals surface area contributed by atoms with E-state index in [4.69, 9.17) is 0 Å². The third kappa shape index (κ3) is 4.50. The van der Waals surface area contributed by atoms with Crippen LogP contribution in [0.4, 0.5) is 0 Å². The molecule has 1 aliphatic carbocycles. The molecule has 0 aromatic heterocycles. The Labute approximate surface area is 111 Å². The molecule has 18 heavy (non-hydrogen) atoms. The molecule has 0 amide bonds. The minimum Gasteiger partial charge on any atom is -0.314 e. The van der Waals surface area contributed by atoms with Gasteiger partial charge in [-0.05, 0) is 25.3 Å². The smallest absolute Gasteiger partial charge is 0.211 e. The summed E-state index contributed by atoms with van der Waals surface area (Å²) in [6.45, 7) is 7.41. The van der Waals surface area contributed by atoms with Crippen LogP contribution < -0.4 is 5.32 Å². The van der Waals surface area contributed by atoms with E-state index < -0.39 is 10.0 Å². The topological polar surface area (TPSA) is 52.6 Å². The summed E-state index contributed by atoms with van der Waals surface area (Å²) in [6.07, 6.45) is 3.96. The molecule has 0 radical (unpaired) electrons. The number of nitrogens with one attached hydrogen (secondary N) is 1. The zero-order chi connectivity index (χ0) is 13.2. The molecule has 5 nitrogen and oxygen atoms in total. The predicted molar refractivity (Wildman–Crippen MR) is 73.0 cm³/mol. The van der Waals surface area contributed by atoms with Crippen molar-refractivity contribution < 1.29 is 8.42 Å². The van der Waals surface area contributed by atoms with Crippen LogP contribution in [0, 0.1) is 5.92 Å². The third-order valence-electron chi connectivity index (χ3n) is 3.70. The van der Waals surface area contributed by atoms with E-state index in [1.165, 1.54) is 19.1 Å². The van der Waals surface area contributed by atoms with E-state index in [1.54, 1.807) is 4.31 Å². The lowest BCUT2D eigenvalue weighted by molar-refractivity contribution is 0.168. The highest BCUT2D eigenvalue weighted by molar-refractivity contribution is 7.88. The fourth-order valence-electron chi connectivity index (χ4n) is 2.40. The van der Waals surface area contributed by atoms with Crippen LogP contribution in [0.15, 0.2) is 0 Å². The maximum absolute atomic E-state index is 11.4. The molecule has 1 unspecified atom stereocenters. The Morgan fingerprint density at radius 3 is 2.33 bits per heavy atom. The van der Waals surface area contributed by atoms with Crippen molar-refractivity contribution in [2.24, 2.45) is 5.92 Å². The zero-order valence-electron chi connectivity index (χ0n) is 11.4. The van der Waals surface area contributed by atoms with E-state index >= 15 is 0 Å². The van der Waals surface area contributed by atoms with Crippen molar-refractivity contribution >= 4 is 10.0 Å². The average molecular weight is 275 g/mol. The summed E-state index contributed by atoms with van der Waals surface area (Å²) >= 11 is 0. The molecule has 0 spiro atoms. The van der Waals surface area contributed by atoms with E-state index in [2.05, 4.69) is 17.1 Å². The molecule has 1 atom stereocenters. The fraction of sp³-hybridized carbons (Fsp3) is 1.00. The Balaban J connectivity index is 1.66. The molecular formula is C12H25N3O2S.